The fourth-order valence-corrected chi connectivity index (χ4v) is 2.82. The maximum atomic E-state index is 12.1. The van der Waals surface area contributed by atoms with E-state index in [9.17, 15) is 4.79 Å². The van der Waals surface area contributed by atoms with Gasteiger partial charge in [0.1, 0.15) is 12.4 Å². The summed E-state index contributed by atoms with van der Waals surface area (Å²) < 4.78 is 3.73. The molecule has 7 heteroatoms. The molecule has 126 valence electrons. The van der Waals surface area contributed by atoms with Crippen molar-refractivity contribution < 1.29 is 4.79 Å². The zero-order valence-corrected chi connectivity index (χ0v) is 14.4. The van der Waals surface area contributed by atoms with Gasteiger partial charge in [0.25, 0.3) is 0 Å². The molecular formula is C17H22N6O. The molecule has 0 aliphatic heterocycles. The van der Waals surface area contributed by atoms with Gasteiger partial charge < -0.3 is 9.88 Å². The van der Waals surface area contributed by atoms with Crippen LogP contribution in [-0.4, -0.2) is 30.5 Å². The van der Waals surface area contributed by atoms with E-state index < -0.39 is 0 Å². The highest BCUT2D eigenvalue weighted by Crippen LogP contribution is 2.24. The maximum absolute atomic E-state index is 12.1. The zero-order valence-electron chi connectivity index (χ0n) is 14.4. The van der Waals surface area contributed by atoms with Crippen molar-refractivity contribution in [1.29, 1.82) is 0 Å². The Labute approximate surface area is 140 Å². The molecule has 0 bridgehead atoms. The van der Waals surface area contributed by atoms with Gasteiger partial charge in [0.2, 0.25) is 5.91 Å². The number of amides is 1. The van der Waals surface area contributed by atoms with Gasteiger partial charge in [-0.15, -0.1) is 5.10 Å². The maximum Gasteiger partial charge on any atom is 0.246 e. The average Bonchev–Trinajstić information content (AvgIpc) is 3.09. The molecule has 2 aromatic heterocycles. The predicted molar refractivity (Wildman–Crippen MR) is 92.9 cm³/mol. The quantitative estimate of drug-likeness (QED) is 0.782. The number of carbonyl (C=O) groups excluding carboxylic acids is 1. The van der Waals surface area contributed by atoms with Gasteiger partial charge in [0, 0.05) is 24.3 Å². The first kappa shape index (κ1) is 16.2. The van der Waals surface area contributed by atoms with Crippen LogP contribution in [0.3, 0.4) is 0 Å². The molecule has 0 aliphatic carbocycles. The summed E-state index contributed by atoms with van der Waals surface area (Å²) in [6.07, 6.45) is 1.74. The molecule has 3 rings (SSSR count). The van der Waals surface area contributed by atoms with E-state index in [0.717, 1.165) is 34.8 Å². The number of benzene rings is 1. The summed E-state index contributed by atoms with van der Waals surface area (Å²) in [6.45, 7) is 9.24. The summed E-state index contributed by atoms with van der Waals surface area (Å²) >= 11 is 0. The number of anilines is 1. The summed E-state index contributed by atoms with van der Waals surface area (Å²) in [5.41, 5.74) is 3.51. The highest BCUT2D eigenvalue weighted by molar-refractivity contribution is 5.93. The molecule has 0 spiro atoms. The molecule has 7 nitrogen and oxygen atoms in total. The summed E-state index contributed by atoms with van der Waals surface area (Å²) in [4.78, 5) is 16.9. The number of imidazole rings is 1. The van der Waals surface area contributed by atoms with E-state index in [2.05, 4.69) is 41.0 Å². The normalized spacial score (nSPS) is 11.4. The van der Waals surface area contributed by atoms with E-state index >= 15 is 0 Å². The SMILES string of the molecule is CCn1c(C(C)C)nc2cc(NC(=O)Cn3cc(C)nn3)ccc21. The molecule has 1 aromatic carbocycles. The number of hydrogen-bond donors (Lipinski definition) is 1. The molecule has 1 N–H and O–H groups in total. The van der Waals surface area contributed by atoms with Crippen molar-refractivity contribution >= 4 is 22.6 Å². The third-order valence-electron chi connectivity index (χ3n) is 3.85. The van der Waals surface area contributed by atoms with Gasteiger partial charge in [-0.2, -0.15) is 0 Å². The van der Waals surface area contributed by atoms with Gasteiger partial charge in [-0.25, -0.2) is 9.67 Å². The first-order valence-electron chi connectivity index (χ1n) is 8.14. The van der Waals surface area contributed by atoms with E-state index in [1.54, 1.807) is 6.20 Å². The minimum atomic E-state index is -0.141. The highest BCUT2D eigenvalue weighted by atomic mass is 16.2. The molecule has 0 radical (unpaired) electrons. The number of aryl methyl sites for hydroxylation is 2. The number of carbonyl (C=O) groups is 1. The number of nitrogens with zero attached hydrogens (tertiary/aromatic N) is 5. The van der Waals surface area contributed by atoms with Crippen LogP contribution in [0.15, 0.2) is 24.4 Å². The van der Waals surface area contributed by atoms with Crippen LogP contribution in [0.4, 0.5) is 5.69 Å². The smallest absolute Gasteiger partial charge is 0.246 e. The van der Waals surface area contributed by atoms with Crippen LogP contribution in [-0.2, 0) is 17.9 Å². The van der Waals surface area contributed by atoms with Crippen LogP contribution >= 0.6 is 0 Å². The fourth-order valence-electron chi connectivity index (χ4n) is 2.82. The molecular weight excluding hydrogens is 304 g/mol. The number of hydrogen-bond acceptors (Lipinski definition) is 4. The Morgan fingerprint density at radius 2 is 2.12 bits per heavy atom. The summed E-state index contributed by atoms with van der Waals surface area (Å²) in [5.74, 6) is 1.28. The van der Waals surface area contributed by atoms with Gasteiger partial charge in [-0.05, 0) is 32.0 Å². The third-order valence-corrected chi connectivity index (χ3v) is 3.85. The topological polar surface area (TPSA) is 77.6 Å². The molecule has 2 heterocycles. The van der Waals surface area contributed by atoms with Crippen molar-refractivity contribution in [2.24, 2.45) is 0 Å². The predicted octanol–water partition coefficient (Wildman–Crippen LogP) is 2.72. The van der Waals surface area contributed by atoms with Gasteiger partial charge in [0.15, 0.2) is 0 Å². The Hall–Kier alpha value is -2.70. The number of rotatable bonds is 5. The Morgan fingerprint density at radius 3 is 2.75 bits per heavy atom. The fraction of sp³-hybridized carbons (Fsp3) is 0.412. The Kier molecular flexibility index (Phi) is 4.33. The standard InChI is InChI=1S/C17H22N6O/c1-5-23-15-7-6-13(8-14(15)19-17(23)11(2)3)18-16(24)10-22-9-12(4)20-21-22/h6-9,11H,5,10H2,1-4H3,(H,18,24). The minimum Gasteiger partial charge on any atom is -0.328 e. The Balaban J connectivity index is 1.81. The second-order valence-corrected chi connectivity index (χ2v) is 6.18. The van der Waals surface area contributed by atoms with Gasteiger partial charge in [0.05, 0.1) is 16.7 Å². The Bertz CT molecular complexity index is 876. The lowest BCUT2D eigenvalue weighted by Crippen LogP contribution is -2.19. The molecule has 0 aliphatic rings. The van der Waals surface area contributed by atoms with Crippen LogP contribution < -0.4 is 5.32 Å². The van der Waals surface area contributed by atoms with Crippen molar-refractivity contribution in [3.8, 4) is 0 Å². The zero-order chi connectivity index (χ0) is 17.3. The molecule has 0 unspecified atom stereocenters. The van der Waals surface area contributed by atoms with E-state index in [-0.39, 0.29) is 12.5 Å². The lowest BCUT2D eigenvalue weighted by atomic mass is 10.2. The first-order chi connectivity index (χ1) is 11.5. The first-order valence-corrected chi connectivity index (χ1v) is 8.14. The van der Waals surface area contributed by atoms with Crippen molar-refractivity contribution in [3.63, 3.8) is 0 Å². The molecule has 0 saturated carbocycles. The van der Waals surface area contributed by atoms with E-state index in [1.165, 1.54) is 4.68 Å². The molecule has 0 saturated heterocycles. The molecule has 24 heavy (non-hydrogen) atoms. The van der Waals surface area contributed by atoms with Crippen molar-refractivity contribution in [2.75, 3.05) is 5.32 Å². The lowest BCUT2D eigenvalue weighted by molar-refractivity contribution is -0.116. The van der Waals surface area contributed by atoms with E-state index in [1.807, 2.05) is 25.1 Å². The Morgan fingerprint density at radius 1 is 1.33 bits per heavy atom. The average molecular weight is 326 g/mol. The number of fused-ring (bicyclic) bond motifs is 1. The van der Waals surface area contributed by atoms with Crippen molar-refractivity contribution in [3.05, 3.63) is 35.9 Å². The summed E-state index contributed by atoms with van der Waals surface area (Å²) in [6, 6.07) is 5.83. The van der Waals surface area contributed by atoms with E-state index in [0.29, 0.717) is 5.92 Å². The largest absolute Gasteiger partial charge is 0.328 e. The summed E-state index contributed by atoms with van der Waals surface area (Å²) in [5, 5.41) is 10.6. The second kappa shape index (κ2) is 6.43. The van der Waals surface area contributed by atoms with Gasteiger partial charge in [-0.3, -0.25) is 4.79 Å². The number of aromatic nitrogens is 5. The lowest BCUT2D eigenvalue weighted by Gasteiger charge is -2.08. The van der Waals surface area contributed by atoms with E-state index in [4.69, 9.17) is 4.98 Å². The molecule has 3 aromatic rings. The van der Waals surface area contributed by atoms with Gasteiger partial charge >= 0.3 is 0 Å². The number of nitrogens with one attached hydrogen (secondary N) is 1. The van der Waals surface area contributed by atoms with Crippen LogP contribution in [0.1, 0.15) is 38.2 Å². The summed E-state index contributed by atoms with van der Waals surface area (Å²) in [7, 11) is 0. The van der Waals surface area contributed by atoms with Gasteiger partial charge in [-0.1, -0.05) is 19.1 Å². The molecule has 1 amide bonds. The van der Waals surface area contributed by atoms with Crippen molar-refractivity contribution in [1.82, 2.24) is 24.5 Å². The monoisotopic (exact) mass is 326 g/mol. The molecule has 0 fully saturated rings. The third kappa shape index (κ3) is 3.15. The van der Waals surface area contributed by atoms with Crippen LogP contribution in [0, 0.1) is 6.92 Å². The second-order valence-electron chi connectivity index (χ2n) is 6.18. The van der Waals surface area contributed by atoms with Crippen LogP contribution in [0.2, 0.25) is 0 Å². The minimum absolute atomic E-state index is 0.138. The van der Waals surface area contributed by atoms with Crippen molar-refractivity contribution in [2.45, 2.75) is 46.7 Å². The van der Waals surface area contributed by atoms with Crippen LogP contribution in [0.25, 0.3) is 11.0 Å². The molecule has 0 atom stereocenters. The van der Waals surface area contributed by atoms with Crippen LogP contribution in [0.5, 0.6) is 0 Å². The highest BCUT2D eigenvalue weighted by Gasteiger charge is 2.13.